The van der Waals surface area contributed by atoms with Crippen LogP contribution in [0.25, 0.3) is 0 Å². The van der Waals surface area contributed by atoms with Gasteiger partial charge >= 0.3 is 0 Å². The van der Waals surface area contributed by atoms with Crippen molar-refractivity contribution in [3.8, 4) is 11.5 Å². The third kappa shape index (κ3) is 6.94. The number of nitrogens with one attached hydrogen (secondary N) is 1. The number of benzene rings is 2. The molecule has 1 aliphatic heterocycles. The van der Waals surface area contributed by atoms with Gasteiger partial charge in [-0.05, 0) is 57.4 Å². The quantitative estimate of drug-likeness (QED) is 0.477. The van der Waals surface area contributed by atoms with Crippen LogP contribution in [-0.4, -0.2) is 62.7 Å². The highest BCUT2D eigenvalue weighted by molar-refractivity contribution is 7.92. The SMILES string of the molecule is CC[C@@H](C)NC(=O)[C@@H](C)N(Cc1ccccc1C)C(=O)CN(c1ccc2c(c1)OCCO2)S(=O)(=O)CC. The zero-order valence-electron chi connectivity index (χ0n) is 22.2. The molecule has 0 aliphatic carbocycles. The van der Waals surface area contributed by atoms with Gasteiger partial charge in [0.2, 0.25) is 21.8 Å². The van der Waals surface area contributed by atoms with Gasteiger partial charge in [0.1, 0.15) is 25.8 Å². The maximum atomic E-state index is 13.8. The van der Waals surface area contributed by atoms with Crippen LogP contribution in [0.2, 0.25) is 0 Å². The molecular weight excluding hydrogens is 494 g/mol. The summed E-state index contributed by atoms with van der Waals surface area (Å²) in [5, 5.41) is 2.93. The molecule has 0 unspecified atom stereocenters. The van der Waals surface area contributed by atoms with E-state index < -0.39 is 28.5 Å². The van der Waals surface area contributed by atoms with Crippen molar-refractivity contribution in [3.63, 3.8) is 0 Å². The maximum absolute atomic E-state index is 13.8. The average Bonchev–Trinajstić information content (AvgIpc) is 2.90. The normalized spacial score (nSPS) is 14.4. The van der Waals surface area contributed by atoms with Crippen LogP contribution in [0, 0.1) is 6.92 Å². The maximum Gasteiger partial charge on any atom is 0.244 e. The second kappa shape index (κ2) is 12.3. The molecule has 9 nitrogen and oxygen atoms in total. The topological polar surface area (TPSA) is 105 Å². The molecule has 2 amide bonds. The smallest absolute Gasteiger partial charge is 0.244 e. The third-order valence-corrected chi connectivity index (χ3v) is 8.30. The Morgan fingerprint density at radius 3 is 2.35 bits per heavy atom. The minimum absolute atomic E-state index is 0.0555. The Bertz CT molecular complexity index is 1220. The first kappa shape index (κ1) is 28.3. The number of anilines is 1. The summed E-state index contributed by atoms with van der Waals surface area (Å²) in [6, 6.07) is 11.5. The second-order valence-corrected chi connectivity index (χ2v) is 11.4. The number of aryl methyl sites for hydroxylation is 1. The molecule has 0 saturated carbocycles. The van der Waals surface area contributed by atoms with Gasteiger partial charge in [-0.1, -0.05) is 31.2 Å². The van der Waals surface area contributed by atoms with E-state index >= 15 is 0 Å². The molecule has 1 aliphatic rings. The summed E-state index contributed by atoms with van der Waals surface area (Å²) in [6.45, 7) is 9.46. The van der Waals surface area contributed by atoms with Gasteiger partial charge in [-0.3, -0.25) is 13.9 Å². The van der Waals surface area contributed by atoms with E-state index in [1.807, 2.05) is 45.0 Å². The Kier molecular flexibility index (Phi) is 9.42. The number of sulfonamides is 1. The third-order valence-electron chi connectivity index (χ3n) is 6.56. The van der Waals surface area contributed by atoms with Crippen LogP contribution in [0.4, 0.5) is 5.69 Å². The molecule has 3 rings (SSSR count). The fraction of sp³-hybridized carbons (Fsp3) is 0.481. The molecule has 0 bridgehead atoms. The van der Waals surface area contributed by atoms with E-state index in [9.17, 15) is 18.0 Å². The van der Waals surface area contributed by atoms with Crippen LogP contribution in [0.5, 0.6) is 11.5 Å². The van der Waals surface area contributed by atoms with Crippen LogP contribution in [0.1, 0.15) is 45.2 Å². The molecular formula is C27H37N3O6S. The minimum Gasteiger partial charge on any atom is -0.486 e. The lowest BCUT2D eigenvalue weighted by Crippen LogP contribution is -2.52. The van der Waals surface area contributed by atoms with Crippen LogP contribution >= 0.6 is 0 Å². The van der Waals surface area contributed by atoms with Crippen molar-refractivity contribution >= 4 is 27.5 Å². The molecule has 2 atom stereocenters. The van der Waals surface area contributed by atoms with Crippen LogP contribution in [-0.2, 0) is 26.2 Å². The summed E-state index contributed by atoms with van der Waals surface area (Å²) < 4.78 is 38.5. The van der Waals surface area contributed by atoms with Gasteiger partial charge in [0.05, 0.1) is 11.4 Å². The van der Waals surface area contributed by atoms with Gasteiger partial charge in [-0.2, -0.15) is 0 Å². The molecule has 0 aromatic heterocycles. The van der Waals surface area contributed by atoms with Crippen molar-refractivity contribution in [3.05, 3.63) is 53.6 Å². The van der Waals surface area contributed by atoms with E-state index in [1.165, 1.54) is 11.8 Å². The Hall–Kier alpha value is -3.27. The highest BCUT2D eigenvalue weighted by Crippen LogP contribution is 2.35. The van der Waals surface area contributed by atoms with Crippen molar-refractivity contribution < 1.29 is 27.5 Å². The van der Waals surface area contributed by atoms with Crippen LogP contribution in [0.3, 0.4) is 0 Å². The Morgan fingerprint density at radius 2 is 1.70 bits per heavy atom. The lowest BCUT2D eigenvalue weighted by atomic mass is 10.1. The Labute approximate surface area is 219 Å². The van der Waals surface area contributed by atoms with E-state index in [2.05, 4.69) is 5.32 Å². The molecule has 2 aromatic rings. The molecule has 1 N–H and O–H groups in total. The monoisotopic (exact) mass is 531 g/mol. The van der Waals surface area contributed by atoms with Gasteiger partial charge < -0.3 is 19.7 Å². The summed E-state index contributed by atoms with van der Waals surface area (Å²) >= 11 is 0. The van der Waals surface area contributed by atoms with E-state index in [-0.39, 0.29) is 24.2 Å². The number of carbonyl (C=O) groups excluding carboxylic acids is 2. The largest absolute Gasteiger partial charge is 0.486 e. The molecule has 0 saturated heterocycles. The molecule has 10 heteroatoms. The molecule has 37 heavy (non-hydrogen) atoms. The number of amides is 2. The highest BCUT2D eigenvalue weighted by Gasteiger charge is 2.32. The van der Waals surface area contributed by atoms with Crippen molar-refractivity contribution in [2.45, 2.75) is 59.7 Å². The minimum atomic E-state index is -3.83. The fourth-order valence-electron chi connectivity index (χ4n) is 3.93. The van der Waals surface area contributed by atoms with Gasteiger partial charge in [0.15, 0.2) is 11.5 Å². The van der Waals surface area contributed by atoms with Crippen LogP contribution < -0.4 is 19.1 Å². The number of nitrogens with zero attached hydrogens (tertiary/aromatic N) is 2. The summed E-state index contributed by atoms with van der Waals surface area (Å²) in [5.74, 6) is -0.0314. The molecule has 202 valence electrons. The van der Waals surface area contributed by atoms with Crippen molar-refractivity contribution in [2.75, 3.05) is 29.8 Å². The number of ether oxygens (including phenoxy) is 2. The number of carbonyl (C=O) groups is 2. The van der Waals surface area contributed by atoms with E-state index in [4.69, 9.17) is 9.47 Å². The molecule has 1 heterocycles. The summed E-state index contributed by atoms with van der Waals surface area (Å²) in [4.78, 5) is 28.3. The zero-order chi connectivity index (χ0) is 27.2. The average molecular weight is 532 g/mol. The Balaban J connectivity index is 1.95. The first-order valence-electron chi connectivity index (χ1n) is 12.6. The van der Waals surface area contributed by atoms with Gasteiger partial charge in [0, 0.05) is 18.7 Å². The van der Waals surface area contributed by atoms with E-state index in [1.54, 1.807) is 25.1 Å². The summed E-state index contributed by atoms with van der Waals surface area (Å²) in [5.41, 5.74) is 2.15. The molecule has 2 aromatic carbocycles. The standard InChI is InChI=1S/C27H37N3O6S/c1-6-20(4)28-27(32)21(5)29(17-22-11-9-8-10-19(22)3)26(31)18-30(37(33,34)7-2)23-12-13-24-25(16-23)36-15-14-35-24/h8-13,16,20-21H,6-7,14-15,17-18H2,1-5H3,(H,28,32)/t20-,21-/m1/s1. The van der Waals surface area contributed by atoms with Gasteiger partial charge in [-0.25, -0.2) is 8.42 Å². The fourth-order valence-corrected chi connectivity index (χ4v) is 4.98. The van der Waals surface area contributed by atoms with E-state index in [0.29, 0.717) is 30.4 Å². The van der Waals surface area contributed by atoms with E-state index in [0.717, 1.165) is 21.9 Å². The summed E-state index contributed by atoms with van der Waals surface area (Å²) in [7, 11) is -3.83. The number of hydrogen-bond donors (Lipinski definition) is 1. The number of hydrogen-bond acceptors (Lipinski definition) is 6. The molecule has 0 fully saturated rings. The molecule has 0 radical (unpaired) electrons. The van der Waals surface area contributed by atoms with Crippen LogP contribution in [0.15, 0.2) is 42.5 Å². The van der Waals surface area contributed by atoms with Crippen molar-refractivity contribution in [2.24, 2.45) is 0 Å². The summed E-state index contributed by atoms with van der Waals surface area (Å²) in [6.07, 6.45) is 0.747. The van der Waals surface area contributed by atoms with Crippen molar-refractivity contribution in [1.82, 2.24) is 10.2 Å². The highest BCUT2D eigenvalue weighted by atomic mass is 32.2. The number of fused-ring (bicyclic) bond motifs is 1. The Morgan fingerprint density at radius 1 is 1.03 bits per heavy atom. The lowest BCUT2D eigenvalue weighted by molar-refractivity contribution is -0.139. The first-order chi connectivity index (χ1) is 17.6. The molecule has 0 spiro atoms. The van der Waals surface area contributed by atoms with Gasteiger partial charge in [-0.15, -0.1) is 0 Å². The zero-order valence-corrected chi connectivity index (χ0v) is 23.0. The lowest BCUT2D eigenvalue weighted by Gasteiger charge is -2.33. The predicted molar refractivity (Wildman–Crippen MR) is 143 cm³/mol. The van der Waals surface area contributed by atoms with Crippen molar-refractivity contribution in [1.29, 1.82) is 0 Å². The number of rotatable bonds is 11. The second-order valence-electron chi connectivity index (χ2n) is 9.18. The predicted octanol–water partition coefficient (Wildman–Crippen LogP) is 3.25. The first-order valence-corrected chi connectivity index (χ1v) is 14.2. The van der Waals surface area contributed by atoms with Gasteiger partial charge in [0.25, 0.3) is 0 Å².